The van der Waals surface area contributed by atoms with E-state index in [0.717, 1.165) is 11.0 Å². The third-order valence-electron chi connectivity index (χ3n) is 4.04. The molecule has 140 valence electrons. The number of fused-ring (bicyclic) bond motifs is 1. The van der Waals surface area contributed by atoms with Crippen molar-refractivity contribution in [1.29, 1.82) is 0 Å². The molecule has 0 aliphatic carbocycles. The summed E-state index contributed by atoms with van der Waals surface area (Å²) in [4.78, 5) is 17.9. The first kappa shape index (κ1) is 17.3. The summed E-state index contributed by atoms with van der Waals surface area (Å²) in [6, 6.07) is 15.5. The molecule has 0 saturated carbocycles. The molecule has 4 rings (SSSR count). The number of imidazole rings is 1. The van der Waals surface area contributed by atoms with Crippen LogP contribution >= 0.6 is 0 Å². The minimum Gasteiger partial charge on any atom is -0.496 e. The van der Waals surface area contributed by atoms with Crippen molar-refractivity contribution < 1.29 is 14.1 Å². The van der Waals surface area contributed by atoms with Crippen molar-refractivity contribution in [2.24, 2.45) is 5.10 Å². The van der Waals surface area contributed by atoms with Gasteiger partial charge in [0.05, 0.1) is 40.9 Å². The van der Waals surface area contributed by atoms with Gasteiger partial charge in [0.25, 0.3) is 5.69 Å². The zero-order valence-electron chi connectivity index (χ0n) is 14.7. The van der Waals surface area contributed by atoms with Crippen LogP contribution in [0.3, 0.4) is 0 Å². The van der Waals surface area contributed by atoms with E-state index in [4.69, 9.17) is 9.15 Å². The second-order valence-electron chi connectivity index (χ2n) is 5.82. The number of ether oxygens (including phenoxy) is 1. The number of nitro groups is 1. The Kier molecular flexibility index (Phi) is 4.47. The summed E-state index contributed by atoms with van der Waals surface area (Å²) in [7, 11) is 1.45. The number of nitro benzene ring substituents is 1. The third kappa shape index (κ3) is 3.40. The molecule has 4 aromatic rings. The van der Waals surface area contributed by atoms with E-state index in [0.29, 0.717) is 28.8 Å². The fourth-order valence-electron chi connectivity index (χ4n) is 2.73. The van der Waals surface area contributed by atoms with Crippen LogP contribution in [0.5, 0.6) is 5.75 Å². The largest absolute Gasteiger partial charge is 0.496 e. The van der Waals surface area contributed by atoms with Gasteiger partial charge in [-0.2, -0.15) is 5.10 Å². The van der Waals surface area contributed by atoms with Crippen LogP contribution in [0.4, 0.5) is 11.6 Å². The zero-order chi connectivity index (χ0) is 19.5. The van der Waals surface area contributed by atoms with Crippen LogP contribution in [0.2, 0.25) is 0 Å². The number of hydrogen-bond donors (Lipinski definition) is 2. The highest BCUT2D eigenvalue weighted by atomic mass is 16.6. The molecular weight excluding hydrogens is 362 g/mol. The molecule has 2 heterocycles. The maximum Gasteiger partial charge on any atom is 0.273 e. The van der Waals surface area contributed by atoms with E-state index in [9.17, 15) is 10.1 Å². The van der Waals surface area contributed by atoms with Crippen LogP contribution in [0, 0.1) is 10.1 Å². The maximum atomic E-state index is 10.9. The standard InChI is InChI=1S/C19H15N5O4/c1-27-18-10-12(24(25)26)6-8-14(18)17-9-7-13(28-17)11-20-23-19-21-15-4-2-3-5-16(15)22-19/h2-11H,1H3,(H2,21,22,23)/b20-11+. The van der Waals surface area contributed by atoms with Gasteiger partial charge >= 0.3 is 0 Å². The number of hydrazone groups is 1. The van der Waals surface area contributed by atoms with Crippen molar-refractivity contribution >= 4 is 28.9 Å². The molecule has 0 saturated heterocycles. The minimum atomic E-state index is -0.476. The number of para-hydroxylation sites is 2. The molecule has 9 heteroatoms. The predicted molar refractivity (Wildman–Crippen MR) is 105 cm³/mol. The first-order chi connectivity index (χ1) is 13.6. The van der Waals surface area contributed by atoms with Gasteiger partial charge in [-0.3, -0.25) is 10.1 Å². The monoisotopic (exact) mass is 377 g/mol. The van der Waals surface area contributed by atoms with E-state index >= 15 is 0 Å². The summed E-state index contributed by atoms with van der Waals surface area (Å²) in [5, 5.41) is 15.0. The number of rotatable bonds is 6. The second-order valence-corrected chi connectivity index (χ2v) is 5.82. The number of benzene rings is 2. The van der Waals surface area contributed by atoms with Crippen molar-refractivity contribution in [2.45, 2.75) is 0 Å². The molecule has 0 amide bonds. The Labute approximate surface area is 158 Å². The molecule has 2 N–H and O–H groups in total. The average molecular weight is 377 g/mol. The topological polar surface area (TPSA) is 119 Å². The second kappa shape index (κ2) is 7.23. The number of aromatic nitrogens is 2. The quantitative estimate of drug-likeness (QED) is 0.295. The third-order valence-corrected chi connectivity index (χ3v) is 4.04. The Morgan fingerprint density at radius 2 is 2.11 bits per heavy atom. The van der Waals surface area contributed by atoms with Crippen molar-refractivity contribution in [3.05, 3.63) is 70.5 Å². The van der Waals surface area contributed by atoms with Crippen molar-refractivity contribution in [2.75, 3.05) is 12.5 Å². The highest BCUT2D eigenvalue weighted by Gasteiger charge is 2.15. The number of anilines is 1. The number of H-pyrrole nitrogens is 1. The van der Waals surface area contributed by atoms with Crippen molar-refractivity contribution in [1.82, 2.24) is 9.97 Å². The number of furan rings is 1. The summed E-state index contributed by atoms with van der Waals surface area (Å²) in [6.07, 6.45) is 1.51. The van der Waals surface area contributed by atoms with Crippen molar-refractivity contribution in [3.8, 4) is 17.1 Å². The Hall–Kier alpha value is -4.14. The van der Waals surface area contributed by atoms with Gasteiger partial charge in [-0.25, -0.2) is 10.4 Å². The normalized spacial score (nSPS) is 11.2. The minimum absolute atomic E-state index is 0.0519. The van der Waals surface area contributed by atoms with Crippen LogP contribution in [0.25, 0.3) is 22.4 Å². The fraction of sp³-hybridized carbons (Fsp3) is 0.0526. The number of nitrogens with one attached hydrogen (secondary N) is 2. The molecule has 0 aliphatic heterocycles. The molecule has 0 atom stereocenters. The van der Waals surface area contributed by atoms with E-state index in [1.54, 1.807) is 18.2 Å². The van der Waals surface area contributed by atoms with Crippen LogP contribution in [0.1, 0.15) is 5.76 Å². The fourth-order valence-corrected chi connectivity index (χ4v) is 2.73. The lowest BCUT2D eigenvalue weighted by Gasteiger charge is -2.05. The lowest BCUT2D eigenvalue weighted by molar-refractivity contribution is -0.384. The molecule has 0 unspecified atom stereocenters. The smallest absolute Gasteiger partial charge is 0.273 e. The number of methoxy groups -OCH3 is 1. The predicted octanol–water partition coefficient (Wildman–Crippen LogP) is 4.19. The Morgan fingerprint density at radius 3 is 2.89 bits per heavy atom. The van der Waals surface area contributed by atoms with Gasteiger partial charge in [0.1, 0.15) is 17.3 Å². The molecule has 0 spiro atoms. The van der Waals surface area contributed by atoms with E-state index in [1.165, 1.54) is 25.5 Å². The first-order valence-corrected chi connectivity index (χ1v) is 8.30. The summed E-state index contributed by atoms with van der Waals surface area (Å²) in [5.74, 6) is 1.88. The van der Waals surface area contributed by atoms with E-state index in [-0.39, 0.29) is 5.69 Å². The highest BCUT2D eigenvalue weighted by molar-refractivity contribution is 5.80. The Balaban J connectivity index is 1.51. The number of hydrogen-bond acceptors (Lipinski definition) is 7. The summed E-state index contributed by atoms with van der Waals surface area (Å²) in [6.45, 7) is 0. The highest BCUT2D eigenvalue weighted by Crippen LogP contribution is 2.34. The van der Waals surface area contributed by atoms with Crippen LogP contribution < -0.4 is 10.2 Å². The average Bonchev–Trinajstić information content (AvgIpc) is 3.34. The molecule has 0 bridgehead atoms. The molecule has 0 radical (unpaired) electrons. The number of nitrogens with zero attached hydrogens (tertiary/aromatic N) is 3. The first-order valence-electron chi connectivity index (χ1n) is 8.30. The summed E-state index contributed by atoms with van der Waals surface area (Å²) in [5.41, 5.74) is 5.12. The molecule has 28 heavy (non-hydrogen) atoms. The number of aromatic amines is 1. The molecule has 2 aromatic carbocycles. The van der Waals surface area contributed by atoms with Crippen LogP contribution in [-0.4, -0.2) is 28.2 Å². The lowest BCUT2D eigenvalue weighted by Crippen LogP contribution is -1.92. The Bertz CT molecular complexity index is 1150. The van der Waals surface area contributed by atoms with Gasteiger partial charge in [-0.05, 0) is 30.3 Å². The zero-order valence-corrected chi connectivity index (χ0v) is 14.7. The maximum absolute atomic E-state index is 10.9. The van der Waals surface area contributed by atoms with Gasteiger partial charge in [0.15, 0.2) is 0 Å². The molecule has 2 aromatic heterocycles. The lowest BCUT2D eigenvalue weighted by atomic mass is 10.1. The van der Waals surface area contributed by atoms with E-state index < -0.39 is 4.92 Å². The van der Waals surface area contributed by atoms with Gasteiger partial charge < -0.3 is 14.1 Å². The summed E-state index contributed by atoms with van der Waals surface area (Å²) < 4.78 is 11.0. The van der Waals surface area contributed by atoms with Crippen LogP contribution in [-0.2, 0) is 0 Å². The molecule has 9 nitrogen and oxygen atoms in total. The van der Waals surface area contributed by atoms with Gasteiger partial charge in [0, 0.05) is 6.07 Å². The van der Waals surface area contributed by atoms with E-state index in [2.05, 4.69) is 20.5 Å². The molecule has 0 fully saturated rings. The number of non-ortho nitro benzene ring substituents is 1. The van der Waals surface area contributed by atoms with Gasteiger partial charge in [-0.15, -0.1) is 0 Å². The van der Waals surface area contributed by atoms with Gasteiger partial charge in [0.2, 0.25) is 5.95 Å². The SMILES string of the molecule is COc1cc([N+](=O)[O-])ccc1-c1ccc(/C=N/Nc2nc3ccccc3[nH]2)o1. The Morgan fingerprint density at radius 1 is 1.25 bits per heavy atom. The van der Waals surface area contributed by atoms with Gasteiger partial charge in [-0.1, -0.05) is 12.1 Å². The summed E-state index contributed by atoms with van der Waals surface area (Å²) >= 11 is 0. The molecule has 0 aliphatic rings. The van der Waals surface area contributed by atoms with Crippen LogP contribution in [0.15, 0.2) is 64.1 Å². The van der Waals surface area contributed by atoms with Crippen molar-refractivity contribution in [3.63, 3.8) is 0 Å². The molecular formula is C19H15N5O4. The van der Waals surface area contributed by atoms with E-state index in [1.807, 2.05) is 24.3 Å².